The topological polar surface area (TPSA) is 78.8 Å². The lowest BCUT2D eigenvalue weighted by Gasteiger charge is -2.28. The van der Waals surface area contributed by atoms with Gasteiger partial charge in [0, 0.05) is 22.9 Å². The predicted octanol–water partition coefficient (Wildman–Crippen LogP) is 2.19. The second-order valence-corrected chi connectivity index (χ2v) is 7.84. The highest BCUT2D eigenvalue weighted by Crippen LogP contribution is 2.22. The Labute approximate surface area is 142 Å². The summed E-state index contributed by atoms with van der Waals surface area (Å²) in [6, 6.07) is 5.44. The summed E-state index contributed by atoms with van der Waals surface area (Å²) >= 11 is 3.40. The molecular formula is C15H14BrN3O3S. The van der Waals surface area contributed by atoms with Gasteiger partial charge >= 0.3 is 0 Å². The number of amides is 1. The first kappa shape index (κ1) is 15.9. The highest BCUT2D eigenvalue weighted by Gasteiger charge is 2.29. The monoisotopic (exact) mass is 395 g/mol. The number of hydrogen-bond donors (Lipinski definition) is 1. The van der Waals surface area contributed by atoms with Gasteiger partial charge in [-0.3, -0.25) is 4.79 Å². The first-order chi connectivity index (χ1) is 10.9. The molecule has 1 aromatic rings. The maximum Gasteiger partial charge on any atom is 0.259 e. The zero-order valence-electron chi connectivity index (χ0n) is 12.3. The summed E-state index contributed by atoms with van der Waals surface area (Å²) in [5.41, 5.74) is 1.85. The minimum atomic E-state index is -3.52. The van der Waals surface area contributed by atoms with Crippen LogP contribution in [0.15, 0.2) is 51.0 Å². The number of amidine groups is 1. The number of hydrogen-bond acceptors (Lipinski definition) is 4. The molecule has 0 spiro atoms. The Bertz CT molecular complexity index is 872. The van der Waals surface area contributed by atoms with Gasteiger partial charge in [-0.25, -0.2) is 8.42 Å². The molecule has 0 bridgehead atoms. The number of aryl methyl sites for hydroxylation is 1. The van der Waals surface area contributed by atoms with Crippen molar-refractivity contribution in [3.8, 4) is 0 Å². The van der Waals surface area contributed by atoms with Crippen molar-refractivity contribution in [2.75, 3.05) is 17.6 Å². The zero-order chi connectivity index (χ0) is 16.6. The van der Waals surface area contributed by atoms with Gasteiger partial charge in [0.1, 0.15) is 0 Å². The SMILES string of the molecule is Cc1cc(NC(=O)C2=CC=CN3CCS(=O)(=O)N=C23)ccc1Br. The van der Waals surface area contributed by atoms with Crippen LogP contribution in [0.5, 0.6) is 0 Å². The molecule has 0 fully saturated rings. The molecule has 2 aliphatic rings. The number of nitrogens with one attached hydrogen (secondary N) is 1. The van der Waals surface area contributed by atoms with E-state index in [1.807, 2.05) is 19.1 Å². The molecular weight excluding hydrogens is 382 g/mol. The molecule has 2 heterocycles. The molecule has 23 heavy (non-hydrogen) atoms. The van der Waals surface area contributed by atoms with E-state index in [9.17, 15) is 13.2 Å². The van der Waals surface area contributed by atoms with Crippen LogP contribution in [0.2, 0.25) is 0 Å². The second-order valence-electron chi connectivity index (χ2n) is 5.23. The Morgan fingerprint density at radius 2 is 2.17 bits per heavy atom. The van der Waals surface area contributed by atoms with Gasteiger partial charge in [0.15, 0.2) is 5.84 Å². The normalized spacial score (nSPS) is 18.8. The molecule has 3 rings (SSSR count). The number of allylic oxidation sites excluding steroid dienone is 2. The summed E-state index contributed by atoms with van der Waals surface area (Å²) < 4.78 is 28.1. The number of carbonyl (C=O) groups excluding carboxylic acids is 1. The lowest BCUT2D eigenvalue weighted by Crippen LogP contribution is -2.40. The van der Waals surface area contributed by atoms with Crippen LogP contribution in [0.3, 0.4) is 0 Å². The van der Waals surface area contributed by atoms with Crippen LogP contribution in [0.25, 0.3) is 0 Å². The molecule has 8 heteroatoms. The third kappa shape index (κ3) is 3.37. The van der Waals surface area contributed by atoms with E-state index in [0.29, 0.717) is 12.2 Å². The predicted molar refractivity (Wildman–Crippen MR) is 92.7 cm³/mol. The van der Waals surface area contributed by atoms with Crippen LogP contribution in [0, 0.1) is 6.92 Å². The molecule has 1 aromatic carbocycles. The number of nitrogens with zero attached hydrogens (tertiary/aromatic N) is 2. The lowest BCUT2D eigenvalue weighted by atomic mass is 10.1. The Balaban J connectivity index is 1.89. The van der Waals surface area contributed by atoms with Crippen molar-refractivity contribution in [1.82, 2.24) is 4.90 Å². The van der Waals surface area contributed by atoms with Crippen molar-refractivity contribution in [2.24, 2.45) is 4.40 Å². The highest BCUT2D eigenvalue weighted by molar-refractivity contribution is 9.10. The summed E-state index contributed by atoms with van der Waals surface area (Å²) in [4.78, 5) is 14.2. The summed E-state index contributed by atoms with van der Waals surface area (Å²) in [6.07, 6.45) is 4.99. The molecule has 1 N–H and O–H groups in total. The zero-order valence-corrected chi connectivity index (χ0v) is 14.7. The van der Waals surface area contributed by atoms with E-state index in [2.05, 4.69) is 25.6 Å². The van der Waals surface area contributed by atoms with Crippen LogP contribution < -0.4 is 5.32 Å². The van der Waals surface area contributed by atoms with E-state index in [-0.39, 0.29) is 17.2 Å². The number of fused-ring (bicyclic) bond motifs is 1. The Morgan fingerprint density at radius 1 is 1.39 bits per heavy atom. The number of anilines is 1. The number of sulfonamides is 1. The largest absolute Gasteiger partial charge is 0.331 e. The molecule has 0 saturated heterocycles. The molecule has 0 atom stereocenters. The van der Waals surface area contributed by atoms with Crippen molar-refractivity contribution >= 4 is 43.4 Å². The van der Waals surface area contributed by atoms with Crippen LogP contribution in [0.4, 0.5) is 5.69 Å². The Hall–Kier alpha value is -1.93. The number of benzene rings is 1. The lowest BCUT2D eigenvalue weighted by molar-refractivity contribution is -0.112. The molecule has 0 unspecified atom stereocenters. The first-order valence-corrected chi connectivity index (χ1v) is 9.31. The van der Waals surface area contributed by atoms with Crippen molar-refractivity contribution in [2.45, 2.75) is 6.92 Å². The summed E-state index contributed by atoms with van der Waals surface area (Å²) in [7, 11) is -3.52. The van der Waals surface area contributed by atoms with Gasteiger partial charge < -0.3 is 10.2 Å². The van der Waals surface area contributed by atoms with Crippen molar-refractivity contribution < 1.29 is 13.2 Å². The fourth-order valence-electron chi connectivity index (χ4n) is 2.31. The van der Waals surface area contributed by atoms with Gasteiger partial charge in [-0.15, -0.1) is 4.40 Å². The molecule has 0 saturated carbocycles. The highest BCUT2D eigenvalue weighted by atomic mass is 79.9. The first-order valence-electron chi connectivity index (χ1n) is 6.91. The fraction of sp³-hybridized carbons (Fsp3) is 0.200. The molecule has 120 valence electrons. The van der Waals surface area contributed by atoms with Gasteiger partial charge in [0.25, 0.3) is 15.9 Å². The van der Waals surface area contributed by atoms with E-state index in [1.165, 1.54) is 0 Å². The van der Waals surface area contributed by atoms with E-state index >= 15 is 0 Å². The van der Waals surface area contributed by atoms with E-state index in [0.717, 1.165) is 10.0 Å². The maximum atomic E-state index is 12.5. The van der Waals surface area contributed by atoms with Crippen molar-refractivity contribution in [3.05, 3.63) is 52.2 Å². The standard InChI is InChI=1S/C15H14BrN3O3S/c1-10-9-11(4-5-13(10)16)17-15(20)12-3-2-6-19-7-8-23(21,22)18-14(12)19/h2-6,9H,7-8H2,1H3,(H,17,20). The number of rotatable bonds is 2. The summed E-state index contributed by atoms with van der Waals surface area (Å²) in [6.45, 7) is 2.21. The van der Waals surface area contributed by atoms with Crippen LogP contribution in [-0.2, 0) is 14.8 Å². The average molecular weight is 396 g/mol. The minimum absolute atomic E-state index is 0.0539. The van der Waals surface area contributed by atoms with Gasteiger partial charge in [0.2, 0.25) is 0 Å². The average Bonchev–Trinajstić information content (AvgIpc) is 2.49. The minimum Gasteiger partial charge on any atom is -0.331 e. The molecule has 0 radical (unpaired) electrons. The molecule has 2 aliphatic heterocycles. The van der Waals surface area contributed by atoms with Gasteiger partial charge in [-0.05, 0) is 42.8 Å². The number of halogens is 1. The van der Waals surface area contributed by atoms with Crippen molar-refractivity contribution in [1.29, 1.82) is 0 Å². The quantitative estimate of drug-likeness (QED) is 0.832. The molecule has 1 amide bonds. The van der Waals surface area contributed by atoms with Crippen LogP contribution in [-0.4, -0.2) is 37.4 Å². The molecule has 6 nitrogen and oxygen atoms in total. The van der Waals surface area contributed by atoms with E-state index in [4.69, 9.17) is 0 Å². The van der Waals surface area contributed by atoms with Crippen LogP contribution >= 0.6 is 15.9 Å². The smallest absolute Gasteiger partial charge is 0.259 e. The van der Waals surface area contributed by atoms with Crippen LogP contribution in [0.1, 0.15) is 5.56 Å². The van der Waals surface area contributed by atoms with E-state index < -0.39 is 15.9 Å². The van der Waals surface area contributed by atoms with Gasteiger partial charge in [-0.1, -0.05) is 15.9 Å². The third-order valence-electron chi connectivity index (χ3n) is 3.52. The fourth-order valence-corrected chi connectivity index (χ4v) is 3.55. The van der Waals surface area contributed by atoms with Gasteiger partial charge in [-0.2, -0.15) is 0 Å². The van der Waals surface area contributed by atoms with E-state index in [1.54, 1.807) is 29.3 Å². The maximum absolute atomic E-state index is 12.5. The second kappa shape index (κ2) is 5.93. The van der Waals surface area contributed by atoms with Gasteiger partial charge in [0.05, 0.1) is 11.3 Å². The van der Waals surface area contributed by atoms with Crippen molar-refractivity contribution in [3.63, 3.8) is 0 Å². The molecule has 0 aromatic heterocycles. The Kier molecular flexibility index (Phi) is 4.11. The molecule has 0 aliphatic carbocycles. The third-order valence-corrected chi connectivity index (χ3v) is 5.56. The Morgan fingerprint density at radius 3 is 2.91 bits per heavy atom. The summed E-state index contributed by atoms with van der Waals surface area (Å²) in [5, 5.41) is 2.78. The number of carbonyl (C=O) groups is 1. The summed E-state index contributed by atoms with van der Waals surface area (Å²) in [5.74, 6) is -0.274.